The molecule has 1 saturated carbocycles. The van der Waals surface area contributed by atoms with Crippen molar-refractivity contribution in [2.24, 2.45) is 5.92 Å². The number of hydrogen-bond acceptors (Lipinski definition) is 4. The zero-order chi connectivity index (χ0) is 15.9. The molecule has 1 aromatic carbocycles. The van der Waals surface area contributed by atoms with Crippen LogP contribution in [0.3, 0.4) is 0 Å². The van der Waals surface area contributed by atoms with E-state index in [2.05, 4.69) is 31.0 Å². The van der Waals surface area contributed by atoms with Crippen molar-refractivity contribution < 1.29 is 14.3 Å². The van der Waals surface area contributed by atoms with Crippen molar-refractivity contribution in [1.29, 1.82) is 0 Å². The van der Waals surface area contributed by atoms with E-state index in [-0.39, 0.29) is 17.4 Å². The predicted octanol–water partition coefficient (Wildman–Crippen LogP) is 2.64. The third kappa shape index (κ3) is 2.12. The molecule has 120 valence electrons. The Bertz CT molecular complexity index is 586. The molecule has 1 heterocycles. The molecule has 4 heteroatoms. The third-order valence-electron chi connectivity index (χ3n) is 5.71. The van der Waals surface area contributed by atoms with Gasteiger partial charge in [0.15, 0.2) is 11.5 Å². The standard InChI is InChI=1S/C18H25NO3/c1-12-14(20)7-8-18(9-10-19(2)17(12)18)13-5-6-15(21-3)16(11-13)22-4/h5-6,11-12,17H,7-10H2,1-4H3/t12?,17?,18-/m0/s1. The van der Waals surface area contributed by atoms with Gasteiger partial charge in [0, 0.05) is 23.8 Å². The summed E-state index contributed by atoms with van der Waals surface area (Å²) in [5.41, 5.74) is 1.33. The maximum atomic E-state index is 12.2. The molecule has 1 saturated heterocycles. The van der Waals surface area contributed by atoms with Gasteiger partial charge in [-0.25, -0.2) is 0 Å². The highest BCUT2D eigenvalue weighted by Crippen LogP contribution is 2.50. The number of methoxy groups -OCH3 is 2. The fourth-order valence-electron chi connectivity index (χ4n) is 4.57. The van der Waals surface area contributed by atoms with Crippen LogP contribution < -0.4 is 9.47 Å². The van der Waals surface area contributed by atoms with Crippen molar-refractivity contribution >= 4 is 5.78 Å². The maximum absolute atomic E-state index is 12.2. The van der Waals surface area contributed by atoms with Crippen LogP contribution in [-0.2, 0) is 10.2 Å². The summed E-state index contributed by atoms with van der Waals surface area (Å²) in [4.78, 5) is 14.6. The van der Waals surface area contributed by atoms with E-state index in [1.165, 1.54) is 5.56 Å². The van der Waals surface area contributed by atoms with Crippen LogP contribution in [0.15, 0.2) is 18.2 Å². The first-order valence-corrected chi connectivity index (χ1v) is 7.99. The molecule has 0 N–H and O–H groups in total. The summed E-state index contributed by atoms with van der Waals surface area (Å²) in [5.74, 6) is 2.02. The smallest absolute Gasteiger partial charge is 0.161 e. The molecule has 0 aromatic heterocycles. The van der Waals surface area contributed by atoms with Crippen molar-refractivity contribution in [3.8, 4) is 11.5 Å². The van der Waals surface area contributed by atoms with E-state index < -0.39 is 0 Å². The van der Waals surface area contributed by atoms with Crippen LogP contribution in [0, 0.1) is 5.92 Å². The van der Waals surface area contributed by atoms with Crippen LogP contribution in [0.4, 0.5) is 0 Å². The van der Waals surface area contributed by atoms with E-state index in [9.17, 15) is 4.79 Å². The van der Waals surface area contributed by atoms with Gasteiger partial charge >= 0.3 is 0 Å². The van der Waals surface area contributed by atoms with Crippen molar-refractivity contribution in [3.05, 3.63) is 23.8 Å². The topological polar surface area (TPSA) is 38.8 Å². The van der Waals surface area contributed by atoms with Gasteiger partial charge in [0.05, 0.1) is 14.2 Å². The summed E-state index contributed by atoms with van der Waals surface area (Å²) in [6.07, 6.45) is 2.71. The molecule has 3 atom stereocenters. The van der Waals surface area contributed by atoms with Crippen LogP contribution in [0.5, 0.6) is 11.5 Å². The van der Waals surface area contributed by atoms with Gasteiger partial charge in [0.2, 0.25) is 0 Å². The van der Waals surface area contributed by atoms with Gasteiger partial charge in [-0.3, -0.25) is 4.79 Å². The van der Waals surface area contributed by atoms with Crippen LogP contribution >= 0.6 is 0 Å². The van der Waals surface area contributed by atoms with Gasteiger partial charge in [0.25, 0.3) is 0 Å². The van der Waals surface area contributed by atoms with Crippen LogP contribution in [-0.4, -0.2) is 44.5 Å². The minimum Gasteiger partial charge on any atom is -0.493 e. The number of benzene rings is 1. The molecule has 0 bridgehead atoms. The van der Waals surface area contributed by atoms with Gasteiger partial charge in [-0.15, -0.1) is 0 Å². The summed E-state index contributed by atoms with van der Waals surface area (Å²) in [6.45, 7) is 3.13. The van der Waals surface area contributed by atoms with Crippen LogP contribution in [0.25, 0.3) is 0 Å². The third-order valence-corrected chi connectivity index (χ3v) is 5.71. The largest absolute Gasteiger partial charge is 0.493 e. The number of carbonyl (C=O) groups is 1. The number of likely N-dealkylation sites (tertiary alicyclic amines) is 1. The lowest BCUT2D eigenvalue weighted by Gasteiger charge is -2.44. The molecule has 1 aliphatic carbocycles. The lowest BCUT2D eigenvalue weighted by molar-refractivity contribution is -0.127. The van der Waals surface area contributed by atoms with Gasteiger partial charge in [-0.1, -0.05) is 13.0 Å². The fourth-order valence-corrected chi connectivity index (χ4v) is 4.57. The zero-order valence-corrected chi connectivity index (χ0v) is 13.9. The Morgan fingerprint density at radius 2 is 1.91 bits per heavy atom. The molecule has 1 aliphatic heterocycles. The molecular weight excluding hydrogens is 278 g/mol. The second-order valence-corrected chi connectivity index (χ2v) is 6.66. The van der Waals surface area contributed by atoms with E-state index in [1.807, 2.05) is 6.07 Å². The van der Waals surface area contributed by atoms with Gasteiger partial charge in [-0.2, -0.15) is 0 Å². The lowest BCUT2D eigenvalue weighted by Crippen LogP contribution is -2.51. The molecule has 22 heavy (non-hydrogen) atoms. The fraction of sp³-hybridized carbons (Fsp3) is 0.611. The highest BCUT2D eigenvalue weighted by Gasteiger charge is 2.53. The predicted molar refractivity (Wildman–Crippen MR) is 85.7 cm³/mol. The molecule has 4 nitrogen and oxygen atoms in total. The SMILES string of the molecule is COc1ccc([C@@]23CCC(=O)C(C)C2N(C)CC3)cc1OC. The van der Waals surface area contributed by atoms with Crippen molar-refractivity contribution in [2.75, 3.05) is 27.8 Å². The van der Waals surface area contributed by atoms with E-state index in [4.69, 9.17) is 9.47 Å². The van der Waals surface area contributed by atoms with Crippen LogP contribution in [0.2, 0.25) is 0 Å². The van der Waals surface area contributed by atoms with Gasteiger partial charge < -0.3 is 14.4 Å². The number of ether oxygens (including phenoxy) is 2. The molecule has 2 aliphatic rings. The average molecular weight is 303 g/mol. The monoisotopic (exact) mass is 303 g/mol. The zero-order valence-electron chi connectivity index (χ0n) is 13.9. The first-order valence-electron chi connectivity index (χ1n) is 7.99. The Morgan fingerprint density at radius 3 is 2.59 bits per heavy atom. The average Bonchev–Trinajstić information content (AvgIpc) is 2.89. The molecule has 0 radical (unpaired) electrons. The minimum absolute atomic E-state index is 0.0572. The number of fused-ring (bicyclic) bond motifs is 1. The molecular formula is C18H25NO3. The Labute approximate surface area is 132 Å². The highest BCUT2D eigenvalue weighted by atomic mass is 16.5. The van der Waals surface area contributed by atoms with Crippen molar-refractivity contribution in [2.45, 2.75) is 37.6 Å². The first-order chi connectivity index (χ1) is 10.5. The van der Waals surface area contributed by atoms with Crippen molar-refractivity contribution in [3.63, 3.8) is 0 Å². The highest BCUT2D eigenvalue weighted by molar-refractivity contribution is 5.83. The molecule has 2 unspecified atom stereocenters. The number of carbonyl (C=O) groups excluding carboxylic acids is 1. The summed E-state index contributed by atoms with van der Waals surface area (Å²) in [7, 11) is 5.47. The summed E-state index contributed by atoms with van der Waals surface area (Å²) in [5, 5.41) is 0. The van der Waals surface area contributed by atoms with E-state index in [0.29, 0.717) is 12.2 Å². The number of nitrogens with zero attached hydrogens (tertiary/aromatic N) is 1. The number of ketones is 1. The Balaban J connectivity index is 2.07. The van der Waals surface area contributed by atoms with Crippen molar-refractivity contribution in [1.82, 2.24) is 4.90 Å². The maximum Gasteiger partial charge on any atom is 0.161 e. The second kappa shape index (κ2) is 5.58. The Morgan fingerprint density at radius 1 is 1.18 bits per heavy atom. The molecule has 0 amide bonds. The molecule has 2 fully saturated rings. The normalized spacial score (nSPS) is 31.9. The van der Waals surface area contributed by atoms with Gasteiger partial charge in [0.1, 0.15) is 5.78 Å². The van der Waals surface area contributed by atoms with E-state index in [1.54, 1.807) is 14.2 Å². The minimum atomic E-state index is 0.0572. The summed E-state index contributed by atoms with van der Waals surface area (Å²) < 4.78 is 10.8. The number of hydrogen-bond donors (Lipinski definition) is 0. The number of Topliss-reactive ketones (excluding diaryl/α,β-unsaturated/α-hetero) is 1. The number of likely N-dealkylation sites (N-methyl/N-ethyl adjacent to an activating group) is 1. The quantitative estimate of drug-likeness (QED) is 0.860. The lowest BCUT2D eigenvalue weighted by atomic mass is 9.62. The Hall–Kier alpha value is -1.55. The molecule has 3 rings (SSSR count). The van der Waals surface area contributed by atoms with E-state index >= 15 is 0 Å². The Kier molecular flexibility index (Phi) is 3.89. The molecule has 1 aromatic rings. The van der Waals surface area contributed by atoms with E-state index in [0.717, 1.165) is 30.9 Å². The summed E-state index contributed by atoms with van der Waals surface area (Å²) in [6, 6.07) is 6.52. The summed E-state index contributed by atoms with van der Waals surface area (Å²) >= 11 is 0. The molecule has 0 spiro atoms. The number of rotatable bonds is 3. The van der Waals surface area contributed by atoms with Gasteiger partial charge in [-0.05, 0) is 44.1 Å². The second-order valence-electron chi connectivity index (χ2n) is 6.66. The first kappa shape index (κ1) is 15.3. The van der Waals surface area contributed by atoms with Crippen LogP contribution in [0.1, 0.15) is 31.7 Å².